The van der Waals surface area contributed by atoms with Gasteiger partial charge in [-0.1, -0.05) is 24.3 Å². The lowest BCUT2D eigenvalue weighted by atomic mass is 10.0. The van der Waals surface area contributed by atoms with Crippen LogP contribution < -0.4 is 0 Å². The third kappa shape index (κ3) is 3.42. The van der Waals surface area contributed by atoms with Crippen molar-refractivity contribution in [3.05, 3.63) is 47.8 Å². The number of likely N-dealkylation sites (tertiary alicyclic amines) is 1. The molecule has 1 aliphatic heterocycles. The molecule has 0 spiro atoms. The third-order valence-corrected chi connectivity index (χ3v) is 3.36. The van der Waals surface area contributed by atoms with Crippen molar-refractivity contribution in [3.63, 3.8) is 0 Å². The quantitative estimate of drug-likeness (QED) is 0.752. The molecule has 1 aromatic rings. The summed E-state index contributed by atoms with van der Waals surface area (Å²) in [5.41, 5.74) is 2.24. The second-order valence-electron chi connectivity index (χ2n) is 4.76. The van der Waals surface area contributed by atoms with Gasteiger partial charge in [-0.2, -0.15) is 0 Å². The monoisotopic (exact) mass is 247 g/mol. The molecule has 1 heterocycles. The molecule has 1 aliphatic rings. The Morgan fingerprint density at radius 3 is 2.44 bits per heavy atom. The highest BCUT2D eigenvalue weighted by atomic mass is 19.1. The van der Waals surface area contributed by atoms with Gasteiger partial charge in [0, 0.05) is 19.5 Å². The van der Waals surface area contributed by atoms with Crippen LogP contribution in [0, 0.1) is 5.82 Å². The number of rotatable bonds is 3. The van der Waals surface area contributed by atoms with E-state index in [4.69, 9.17) is 0 Å². The van der Waals surface area contributed by atoms with Crippen LogP contribution >= 0.6 is 0 Å². The fourth-order valence-electron chi connectivity index (χ4n) is 2.13. The Bertz CT molecular complexity index is 428. The second kappa shape index (κ2) is 5.80. The summed E-state index contributed by atoms with van der Waals surface area (Å²) in [6.45, 7) is 5.52. The highest BCUT2D eigenvalue weighted by Gasteiger charge is 2.17. The summed E-state index contributed by atoms with van der Waals surface area (Å²) in [7, 11) is 0. The number of carbonyl (C=O) groups is 1. The van der Waals surface area contributed by atoms with Crippen molar-refractivity contribution < 1.29 is 9.18 Å². The van der Waals surface area contributed by atoms with Gasteiger partial charge in [0.05, 0.1) is 0 Å². The minimum atomic E-state index is -0.236. The molecule has 1 aromatic carbocycles. The van der Waals surface area contributed by atoms with Crippen molar-refractivity contribution in [1.82, 2.24) is 4.90 Å². The molecule has 0 saturated carbocycles. The van der Waals surface area contributed by atoms with Crippen LogP contribution in [0.15, 0.2) is 36.4 Å². The standard InChI is InChI=1S/C15H18FNO/c1-12-8-10-17(11-9-12)15(18)7-4-13-2-5-14(16)6-3-13/h2-3,5-6H,1,4,7-11H2. The lowest BCUT2D eigenvalue weighted by molar-refractivity contribution is -0.131. The van der Waals surface area contributed by atoms with Crippen LogP contribution in [0.1, 0.15) is 24.8 Å². The summed E-state index contributed by atoms with van der Waals surface area (Å²) in [4.78, 5) is 13.9. The topological polar surface area (TPSA) is 20.3 Å². The lowest BCUT2D eigenvalue weighted by Gasteiger charge is -2.28. The number of benzene rings is 1. The lowest BCUT2D eigenvalue weighted by Crippen LogP contribution is -2.36. The normalized spacial score (nSPS) is 15.8. The highest BCUT2D eigenvalue weighted by molar-refractivity contribution is 5.76. The van der Waals surface area contributed by atoms with Crippen LogP contribution in [0.5, 0.6) is 0 Å². The molecule has 2 rings (SSSR count). The third-order valence-electron chi connectivity index (χ3n) is 3.36. The number of aryl methyl sites for hydroxylation is 1. The summed E-state index contributed by atoms with van der Waals surface area (Å²) in [6.07, 6.45) is 3.01. The van der Waals surface area contributed by atoms with E-state index in [1.807, 2.05) is 4.90 Å². The molecule has 0 atom stereocenters. The molecule has 0 aromatic heterocycles. The molecule has 1 amide bonds. The zero-order chi connectivity index (χ0) is 13.0. The van der Waals surface area contributed by atoms with E-state index < -0.39 is 0 Å². The Labute approximate surface area is 107 Å². The first-order chi connectivity index (χ1) is 8.65. The molecule has 0 radical (unpaired) electrons. The van der Waals surface area contributed by atoms with Gasteiger partial charge in [0.1, 0.15) is 5.82 Å². The van der Waals surface area contributed by atoms with Gasteiger partial charge >= 0.3 is 0 Å². The average Bonchev–Trinajstić information content (AvgIpc) is 2.38. The first-order valence-corrected chi connectivity index (χ1v) is 6.34. The molecule has 3 heteroatoms. The fraction of sp³-hybridized carbons (Fsp3) is 0.400. The maximum absolute atomic E-state index is 12.7. The van der Waals surface area contributed by atoms with E-state index in [1.165, 1.54) is 17.7 Å². The smallest absolute Gasteiger partial charge is 0.222 e. The SMILES string of the molecule is C=C1CCN(C(=O)CCc2ccc(F)cc2)CC1. The van der Waals surface area contributed by atoms with Gasteiger partial charge in [0.2, 0.25) is 5.91 Å². The minimum absolute atomic E-state index is 0.187. The van der Waals surface area contributed by atoms with Crippen LogP contribution in [0.2, 0.25) is 0 Å². The Hall–Kier alpha value is -1.64. The number of hydrogen-bond donors (Lipinski definition) is 0. The largest absolute Gasteiger partial charge is 0.342 e. The maximum Gasteiger partial charge on any atom is 0.222 e. The number of halogens is 1. The van der Waals surface area contributed by atoms with E-state index in [0.29, 0.717) is 12.8 Å². The summed E-state index contributed by atoms with van der Waals surface area (Å²) in [5, 5.41) is 0. The summed E-state index contributed by atoms with van der Waals surface area (Å²) in [5.74, 6) is -0.0496. The molecule has 0 aliphatic carbocycles. The summed E-state index contributed by atoms with van der Waals surface area (Å²) in [6, 6.07) is 6.34. The van der Waals surface area contributed by atoms with Crippen molar-refractivity contribution in [2.75, 3.05) is 13.1 Å². The Morgan fingerprint density at radius 2 is 1.83 bits per heavy atom. The molecule has 0 unspecified atom stereocenters. The zero-order valence-electron chi connectivity index (χ0n) is 10.5. The minimum Gasteiger partial charge on any atom is -0.342 e. The van der Waals surface area contributed by atoms with E-state index in [0.717, 1.165) is 31.5 Å². The van der Waals surface area contributed by atoms with Gasteiger partial charge in [0.25, 0.3) is 0 Å². The van der Waals surface area contributed by atoms with Crippen molar-refractivity contribution >= 4 is 5.91 Å². The number of amides is 1. The maximum atomic E-state index is 12.7. The molecule has 18 heavy (non-hydrogen) atoms. The Morgan fingerprint density at radius 1 is 1.22 bits per heavy atom. The predicted octanol–water partition coefficient (Wildman–Crippen LogP) is 2.94. The van der Waals surface area contributed by atoms with Crippen LogP contribution in [-0.2, 0) is 11.2 Å². The van der Waals surface area contributed by atoms with Gasteiger partial charge < -0.3 is 4.90 Å². The van der Waals surface area contributed by atoms with Crippen molar-refractivity contribution in [2.45, 2.75) is 25.7 Å². The van der Waals surface area contributed by atoms with Crippen LogP contribution in [0.4, 0.5) is 4.39 Å². The van der Waals surface area contributed by atoms with Gasteiger partial charge in [-0.3, -0.25) is 4.79 Å². The van der Waals surface area contributed by atoms with Crippen LogP contribution in [0.25, 0.3) is 0 Å². The molecule has 0 N–H and O–H groups in total. The van der Waals surface area contributed by atoms with Crippen LogP contribution in [0.3, 0.4) is 0 Å². The van der Waals surface area contributed by atoms with E-state index in [9.17, 15) is 9.18 Å². The predicted molar refractivity (Wildman–Crippen MR) is 69.7 cm³/mol. The fourth-order valence-corrected chi connectivity index (χ4v) is 2.13. The Balaban J connectivity index is 1.81. The number of piperidine rings is 1. The summed E-state index contributed by atoms with van der Waals surface area (Å²) >= 11 is 0. The molecule has 2 nitrogen and oxygen atoms in total. The van der Waals surface area contributed by atoms with E-state index in [2.05, 4.69) is 6.58 Å². The molecular weight excluding hydrogens is 229 g/mol. The van der Waals surface area contributed by atoms with Gasteiger partial charge in [-0.25, -0.2) is 4.39 Å². The van der Waals surface area contributed by atoms with Crippen molar-refractivity contribution in [2.24, 2.45) is 0 Å². The molecule has 1 saturated heterocycles. The second-order valence-corrected chi connectivity index (χ2v) is 4.76. The zero-order valence-corrected chi connectivity index (χ0v) is 10.5. The summed E-state index contributed by atoms with van der Waals surface area (Å²) < 4.78 is 12.7. The van der Waals surface area contributed by atoms with Gasteiger partial charge in [-0.15, -0.1) is 0 Å². The molecule has 96 valence electrons. The van der Waals surface area contributed by atoms with Gasteiger partial charge in [0.15, 0.2) is 0 Å². The first-order valence-electron chi connectivity index (χ1n) is 6.34. The van der Waals surface area contributed by atoms with Crippen molar-refractivity contribution in [3.8, 4) is 0 Å². The van der Waals surface area contributed by atoms with Crippen molar-refractivity contribution in [1.29, 1.82) is 0 Å². The van der Waals surface area contributed by atoms with E-state index in [-0.39, 0.29) is 11.7 Å². The van der Waals surface area contributed by atoms with E-state index >= 15 is 0 Å². The number of hydrogen-bond acceptors (Lipinski definition) is 1. The first kappa shape index (κ1) is 12.8. The van der Waals surface area contributed by atoms with Gasteiger partial charge in [-0.05, 0) is 37.0 Å². The molecule has 1 fully saturated rings. The highest BCUT2D eigenvalue weighted by Crippen LogP contribution is 2.15. The Kier molecular flexibility index (Phi) is 4.13. The van der Waals surface area contributed by atoms with Crippen LogP contribution in [-0.4, -0.2) is 23.9 Å². The van der Waals surface area contributed by atoms with E-state index in [1.54, 1.807) is 12.1 Å². The molecular formula is C15H18FNO. The number of carbonyl (C=O) groups excluding carboxylic acids is 1. The number of nitrogens with zero attached hydrogens (tertiary/aromatic N) is 1. The average molecular weight is 247 g/mol. The molecule has 0 bridgehead atoms.